The van der Waals surface area contributed by atoms with E-state index in [1.54, 1.807) is 36.4 Å². The lowest BCUT2D eigenvalue weighted by Crippen LogP contribution is -2.12. The number of carbonyl (C=O) groups is 1. The predicted octanol–water partition coefficient (Wildman–Crippen LogP) is 6.15. The zero-order chi connectivity index (χ0) is 23.4. The molecule has 0 spiro atoms. The molecule has 0 unspecified atom stereocenters. The number of aryl methyl sites for hydroxylation is 1. The van der Waals surface area contributed by atoms with Crippen molar-refractivity contribution in [3.63, 3.8) is 0 Å². The molecule has 3 heterocycles. The third-order valence-corrected chi connectivity index (χ3v) is 6.14. The number of nitrogens with one attached hydrogen (secondary N) is 1. The molecule has 1 N–H and O–H groups in total. The van der Waals surface area contributed by atoms with Gasteiger partial charge in [0, 0.05) is 33.0 Å². The van der Waals surface area contributed by atoms with Crippen LogP contribution in [0.1, 0.15) is 15.9 Å². The smallest absolute Gasteiger partial charge is 0.336 e. The molecule has 0 aliphatic carbocycles. The van der Waals surface area contributed by atoms with Gasteiger partial charge in [-0.2, -0.15) is 0 Å². The standard InChI is InChI=1S/C26H16ClNO6/c1-13-8-21-16(10-18(13)27)17(11-23(29)33-21)25-24(15-4-2-3-5-19(15)34-25)28-26(30)14-6-7-20-22(9-14)32-12-31-20/h2-11H,12H2,1H3,(H,28,30). The molecule has 1 aliphatic heterocycles. The summed E-state index contributed by atoms with van der Waals surface area (Å²) >= 11 is 6.37. The Morgan fingerprint density at radius 1 is 0.912 bits per heavy atom. The Hall–Kier alpha value is -4.23. The lowest BCUT2D eigenvalue weighted by molar-refractivity contribution is 0.102. The minimum Gasteiger partial charge on any atom is -0.454 e. The summed E-state index contributed by atoms with van der Waals surface area (Å²) < 4.78 is 22.3. The molecule has 1 aliphatic rings. The second-order valence-electron chi connectivity index (χ2n) is 7.90. The third-order valence-electron chi connectivity index (χ3n) is 5.74. The van der Waals surface area contributed by atoms with Crippen molar-refractivity contribution in [2.45, 2.75) is 6.92 Å². The number of ether oxygens (including phenoxy) is 2. The highest BCUT2D eigenvalue weighted by Crippen LogP contribution is 2.41. The molecule has 1 amide bonds. The summed E-state index contributed by atoms with van der Waals surface area (Å²) in [5.74, 6) is 1.04. The van der Waals surface area contributed by atoms with E-state index in [2.05, 4.69) is 5.32 Å². The second kappa shape index (κ2) is 7.67. The maximum atomic E-state index is 13.2. The highest BCUT2D eigenvalue weighted by atomic mass is 35.5. The molecule has 7 nitrogen and oxygen atoms in total. The molecule has 0 atom stereocenters. The fraction of sp³-hybridized carbons (Fsp3) is 0.0769. The molecule has 6 rings (SSSR count). The van der Waals surface area contributed by atoms with Gasteiger partial charge in [0.05, 0.1) is 5.69 Å². The van der Waals surface area contributed by atoms with Crippen LogP contribution in [0.4, 0.5) is 5.69 Å². The molecule has 8 heteroatoms. The number of benzene rings is 3. The van der Waals surface area contributed by atoms with E-state index in [-0.39, 0.29) is 12.7 Å². The number of amides is 1. The predicted molar refractivity (Wildman–Crippen MR) is 128 cm³/mol. The van der Waals surface area contributed by atoms with Gasteiger partial charge in [-0.25, -0.2) is 4.79 Å². The van der Waals surface area contributed by atoms with Crippen LogP contribution in [0.3, 0.4) is 0 Å². The van der Waals surface area contributed by atoms with Crippen LogP contribution < -0.4 is 20.4 Å². The molecule has 3 aromatic carbocycles. The quantitative estimate of drug-likeness (QED) is 0.316. The molecular formula is C26H16ClNO6. The van der Waals surface area contributed by atoms with Crippen molar-refractivity contribution in [3.8, 4) is 22.8 Å². The van der Waals surface area contributed by atoms with Crippen molar-refractivity contribution in [2.24, 2.45) is 0 Å². The van der Waals surface area contributed by atoms with Crippen molar-refractivity contribution in [3.05, 3.63) is 87.2 Å². The third kappa shape index (κ3) is 3.29. The van der Waals surface area contributed by atoms with Gasteiger partial charge in [0.25, 0.3) is 5.91 Å². The number of anilines is 1. The molecule has 34 heavy (non-hydrogen) atoms. The number of fused-ring (bicyclic) bond motifs is 3. The Labute approximate surface area is 197 Å². The lowest BCUT2D eigenvalue weighted by atomic mass is 10.0. The normalized spacial score (nSPS) is 12.4. The Balaban J connectivity index is 1.53. The molecule has 0 radical (unpaired) electrons. The van der Waals surface area contributed by atoms with Crippen LogP contribution in [-0.2, 0) is 0 Å². The highest BCUT2D eigenvalue weighted by Gasteiger charge is 2.23. The van der Waals surface area contributed by atoms with E-state index < -0.39 is 5.63 Å². The fourth-order valence-corrected chi connectivity index (χ4v) is 4.22. The van der Waals surface area contributed by atoms with Gasteiger partial charge in [-0.05, 0) is 55.0 Å². The van der Waals surface area contributed by atoms with Gasteiger partial charge in [-0.3, -0.25) is 4.79 Å². The van der Waals surface area contributed by atoms with E-state index in [1.807, 2.05) is 25.1 Å². The lowest BCUT2D eigenvalue weighted by Gasteiger charge is -2.09. The average Bonchev–Trinajstić information content (AvgIpc) is 3.44. The molecule has 0 fully saturated rings. The van der Waals surface area contributed by atoms with Crippen LogP contribution in [0.5, 0.6) is 11.5 Å². The zero-order valence-electron chi connectivity index (χ0n) is 17.8. The van der Waals surface area contributed by atoms with E-state index in [4.69, 9.17) is 29.9 Å². The number of rotatable bonds is 3. The first kappa shape index (κ1) is 20.4. The molecule has 2 aromatic heterocycles. The van der Waals surface area contributed by atoms with Crippen LogP contribution in [0.15, 0.2) is 74.3 Å². The largest absolute Gasteiger partial charge is 0.454 e. The number of carbonyl (C=O) groups excluding carboxylic acids is 1. The highest BCUT2D eigenvalue weighted by molar-refractivity contribution is 6.32. The Morgan fingerprint density at radius 2 is 1.74 bits per heavy atom. The van der Waals surface area contributed by atoms with Crippen LogP contribution in [0.2, 0.25) is 5.02 Å². The van der Waals surface area contributed by atoms with E-state index in [9.17, 15) is 9.59 Å². The van der Waals surface area contributed by atoms with E-state index in [1.165, 1.54) is 6.07 Å². The van der Waals surface area contributed by atoms with E-state index in [0.717, 1.165) is 5.56 Å². The first-order valence-electron chi connectivity index (χ1n) is 10.4. The van der Waals surface area contributed by atoms with Crippen LogP contribution >= 0.6 is 11.6 Å². The van der Waals surface area contributed by atoms with Crippen molar-refractivity contribution in [1.82, 2.24) is 0 Å². The number of hydrogen-bond acceptors (Lipinski definition) is 6. The van der Waals surface area contributed by atoms with Gasteiger partial charge >= 0.3 is 5.63 Å². The summed E-state index contributed by atoms with van der Waals surface area (Å²) in [7, 11) is 0. The number of para-hydroxylation sites is 1. The zero-order valence-corrected chi connectivity index (χ0v) is 18.6. The molecule has 168 valence electrons. The van der Waals surface area contributed by atoms with Crippen molar-refractivity contribution in [2.75, 3.05) is 12.1 Å². The van der Waals surface area contributed by atoms with Gasteiger partial charge in [0.1, 0.15) is 11.2 Å². The Morgan fingerprint density at radius 3 is 2.62 bits per heavy atom. The van der Waals surface area contributed by atoms with Crippen LogP contribution in [0.25, 0.3) is 33.3 Å². The summed E-state index contributed by atoms with van der Waals surface area (Å²) in [4.78, 5) is 25.6. The van der Waals surface area contributed by atoms with Crippen molar-refractivity contribution >= 4 is 45.1 Å². The van der Waals surface area contributed by atoms with Gasteiger partial charge in [-0.15, -0.1) is 0 Å². The molecule has 0 saturated heterocycles. The fourth-order valence-electron chi connectivity index (χ4n) is 4.05. The summed E-state index contributed by atoms with van der Waals surface area (Å²) in [6.07, 6.45) is 0. The second-order valence-corrected chi connectivity index (χ2v) is 8.31. The summed E-state index contributed by atoms with van der Waals surface area (Å²) in [5.41, 5.74) is 2.44. The first-order chi connectivity index (χ1) is 16.5. The summed E-state index contributed by atoms with van der Waals surface area (Å²) in [6, 6.07) is 17.0. The van der Waals surface area contributed by atoms with Crippen molar-refractivity contribution < 1.29 is 23.1 Å². The van der Waals surface area contributed by atoms with E-state index in [0.29, 0.717) is 61.0 Å². The minimum atomic E-state index is -0.544. The number of hydrogen-bond donors (Lipinski definition) is 1. The van der Waals surface area contributed by atoms with Crippen LogP contribution in [0, 0.1) is 6.92 Å². The monoisotopic (exact) mass is 473 g/mol. The molecule has 0 saturated carbocycles. The number of halogens is 1. The topological polar surface area (TPSA) is 90.9 Å². The van der Waals surface area contributed by atoms with E-state index >= 15 is 0 Å². The maximum absolute atomic E-state index is 13.2. The van der Waals surface area contributed by atoms with Gasteiger partial charge in [0.2, 0.25) is 6.79 Å². The average molecular weight is 474 g/mol. The minimum absolute atomic E-state index is 0.114. The van der Waals surface area contributed by atoms with Gasteiger partial charge in [0.15, 0.2) is 17.3 Å². The summed E-state index contributed by atoms with van der Waals surface area (Å²) in [6.45, 7) is 1.94. The Kier molecular flexibility index (Phi) is 4.60. The van der Waals surface area contributed by atoms with Crippen LogP contribution in [-0.4, -0.2) is 12.7 Å². The molecular weight excluding hydrogens is 458 g/mol. The SMILES string of the molecule is Cc1cc2oc(=O)cc(-c3oc4ccccc4c3NC(=O)c3ccc4c(c3)OCO4)c2cc1Cl. The van der Waals surface area contributed by atoms with Gasteiger partial charge in [-0.1, -0.05) is 23.7 Å². The molecule has 5 aromatic rings. The number of furan rings is 1. The first-order valence-corrected chi connectivity index (χ1v) is 10.8. The molecule has 0 bridgehead atoms. The maximum Gasteiger partial charge on any atom is 0.336 e. The summed E-state index contributed by atoms with van der Waals surface area (Å²) in [5, 5.41) is 4.75. The van der Waals surface area contributed by atoms with Gasteiger partial charge < -0.3 is 23.6 Å². The van der Waals surface area contributed by atoms with Crippen molar-refractivity contribution in [1.29, 1.82) is 0 Å². The Bertz CT molecular complexity index is 1680.